The van der Waals surface area contributed by atoms with Crippen LogP contribution in [0, 0.1) is 11.3 Å². The van der Waals surface area contributed by atoms with Crippen LogP contribution in [0.2, 0.25) is 0 Å². The molecule has 2 aromatic carbocycles. The molecule has 1 heterocycles. The van der Waals surface area contributed by atoms with Gasteiger partial charge in [-0.1, -0.05) is 36.4 Å². The van der Waals surface area contributed by atoms with E-state index in [1.807, 2.05) is 30.3 Å². The Morgan fingerprint density at radius 3 is 2.74 bits per heavy atom. The van der Waals surface area contributed by atoms with E-state index in [1.54, 1.807) is 29.2 Å². The summed E-state index contributed by atoms with van der Waals surface area (Å²) < 4.78 is 0. The first-order chi connectivity index (χ1) is 11.2. The van der Waals surface area contributed by atoms with E-state index < -0.39 is 6.10 Å². The second kappa shape index (κ2) is 6.64. The van der Waals surface area contributed by atoms with Gasteiger partial charge < -0.3 is 10.0 Å². The summed E-state index contributed by atoms with van der Waals surface area (Å²) in [4.78, 5) is 14.5. The SMILES string of the molecule is N#Cc1cccc(C(=O)N2CC[C@@H](O)[C@@H]2Cc2ccccc2)c1. The summed E-state index contributed by atoms with van der Waals surface area (Å²) >= 11 is 0. The Morgan fingerprint density at radius 2 is 2.00 bits per heavy atom. The zero-order valence-electron chi connectivity index (χ0n) is 12.7. The number of rotatable bonds is 3. The number of nitrogens with zero attached hydrogens (tertiary/aromatic N) is 2. The van der Waals surface area contributed by atoms with Gasteiger partial charge in [0.15, 0.2) is 0 Å². The van der Waals surface area contributed by atoms with Crippen LogP contribution in [-0.2, 0) is 6.42 Å². The lowest BCUT2D eigenvalue weighted by atomic mass is 10.0. The highest BCUT2D eigenvalue weighted by Gasteiger charge is 2.36. The number of carbonyl (C=O) groups is 1. The van der Waals surface area contributed by atoms with E-state index in [2.05, 4.69) is 6.07 Å². The van der Waals surface area contributed by atoms with Gasteiger partial charge in [-0.3, -0.25) is 4.79 Å². The fraction of sp³-hybridized carbons (Fsp3) is 0.263. The molecule has 4 nitrogen and oxygen atoms in total. The number of hydrogen-bond donors (Lipinski definition) is 1. The summed E-state index contributed by atoms with van der Waals surface area (Å²) in [7, 11) is 0. The number of aliphatic hydroxyl groups is 1. The van der Waals surface area contributed by atoms with E-state index in [9.17, 15) is 9.90 Å². The monoisotopic (exact) mass is 306 g/mol. The molecule has 2 aromatic rings. The fourth-order valence-corrected chi connectivity index (χ4v) is 3.08. The van der Waals surface area contributed by atoms with E-state index in [0.29, 0.717) is 30.5 Å². The molecule has 0 bridgehead atoms. The zero-order valence-corrected chi connectivity index (χ0v) is 12.7. The van der Waals surface area contributed by atoms with Crippen LogP contribution in [0.4, 0.5) is 0 Å². The second-order valence-corrected chi connectivity index (χ2v) is 5.80. The maximum atomic E-state index is 12.8. The molecule has 116 valence electrons. The smallest absolute Gasteiger partial charge is 0.254 e. The van der Waals surface area contributed by atoms with Crippen LogP contribution in [0.25, 0.3) is 0 Å². The lowest BCUT2D eigenvalue weighted by Crippen LogP contribution is -2.41. The fourth-order valence-electron chi connectivity index (χ4n) is 3.08. The molecule has 1 fully saturated rings. The first-order valence-corrected chi connectivity index (χ1v) is 7.72. The molecule has 2 atom stereocenters. The van der Waals surface area contributed by atoms with Gasteiger partial charge in [-0.15, -0.1) is 0 Å². The molecule has 0 saturated carbocycles. The van der Waals surface area contributed by atoms with E-state index in [-0.39, 0.29) is 11.9 Å². The van der Waals surface area contributed by atoms with Crippen molar-refractivity contribution in [1.82, 2.24) is 4.90 Å². The summed E-state index contributed by atoms with van der Waals surface area (Å²) in [6.45, 7) is 0.536. The van der Waals surface area contributed by atoms with Gasteiger partial charge in [0.25, 0.3) is 5.91 Å². The van der Waals surface area contributed by atoms with Crippen LogP contribution >= 0.6 is 0 Å². The van der Waals surface area contributed by atoms with Gasteiger partial charge in [-0.05, 0) is 36.6 Å². The maximum Gasteiger partial charge on any atom is 0.254 e. The van der Waals surface area contributed by atoms with Crippen molar-refractivity contribution in [2.45, 2.75) is 25.0 Å². The summed E-state index contributed by atoms with van der Waals surface area (Å²) in [6.07, 6.45) is 0.700. The lowest BCUT2D eigenvalue weighted by molar-refractivity contribution is 0.0640. The molecule has 1 aliphatic rings. The van der Waals surface area contributed by atoms with Gasteiger partial charge in [0, 0.05) is 12.1 Å². The predicted molar refractivity (Wildman–Crippen MR) is 86.8 cm³/mol. The number of benzene rings is 2. The van der Waals surface area contributed by atoms with Crippen molar-refractivity contribution in [3.63, 3.8) is 0 Å². The predicted octanol–water partition coefficient (Wildman–Crippen LogP) is 2.38. The van der Waals surface area contributed by atoms with Crippen LogP contribution in [0.1, 0.15) is 27.9 Å². The molecule has 1 saturated heterocycles. The van der Waals surface area contributed by atoms with E-state index in [1.165, 1.54) is 0 Å². The summed E-state index contributed by atoms with van der Waals surface area (Å²) in [5, 5.41) is 19.3. The van der Waals surface area contributed by atoms with Gasteiger partial charge in [-0.2, -0.15) is 5.26 Å². The molecule has 0 radical (unpaired) electrons. The van der Waals surface area contributed by atoms with Gasteiger partial charge >= 0.3 is 0 Å². The number of nitriles is 1. The highest BCUT2D eigenvalue weighted by atomic mass is 16.3. The van der Waals surface area contributed by atoms with Crippen molar-refractivity contribution in [2.75, 3.05) is 6.54 Å². The van der Waals surface area contributed by atoms with Crippen molar-refractivity contribution in [3.8, 4) is 6.07 Å². The molecule has 1 amide bonds. The van der Waals surface area contributed by atoms with Crippen molar-refractivity contribution in [2.24, 2.45) is 0 Å². The third-order valence-electron chi connectivity index (χ3n) is 4.30. The Morgan fingerprint density at radius 1 is 1.22 bits per heavy atom. The standard InChI is InChI=1S/C19H18N2O2/c20-13-15-7-4-8-16(11-15)19(23)21-10-9-18(22)17(21)12-14-5-2-1-3-6-14/h1-8,11,17-18,22H,9-10,12H2/t17-,18+/m0/s1. The van der Waals surface area contributed by atoms with Gasteiger partial charge in [0.1, 0.15) is 0 Å². The summed E-state index contributed by atoms with van der Waals surface area (Å²) in [5.41, 5.74) is 2.06. The number of carbonyl (C=O) groups excluding carboxylic acids is 1. The van der Waals surface area contributed by atoms with Crippen molar-refractivity contribution >= 4 is 5.91 Å². The third kappa shape index (κ3) is 3.25. The average molecular weight is 306 g/mol. The third-order valence-corrected chi connectivity index (χ3v) is 4.30. The minimum absolute atomic E-state index is 0.125. The molecule has 1 N–H and O–H groups in total. The van der Waals surface area contributed by atoms with Gasteiger partial charge in [0.05, 0.1) is 23.8 Å². The van der Waals surface area contributed by atoms with Crippen molar-refractivity contribution in [1.29, 1.82) is 5.26 Å². The number of hydrogen-bond acceptors (Lipinski definition) is 3. The molecule has 0 spiro atoms. The molecule has 23 heavy (non-hydrogen) atoms. The van der Waals surface area contributed by atoms with Crippen LogP contribution in [0.5, 0.6) is 0 Å². The Labute approximate surface area is 135 Å². The summed E-state index contributed by atoms with van der Waals surface area (Å²) in [6, 6.07) is 18.4. The quantitative estimate of drug-likeness (QED) is 0.947. The minimum atomic E-state index is -0.515. The Balaban J connectivity index is 1.82. The highest BCUT2D eigenvalue weighted by Crippen LogP contribution is 2.24. The molecular formula is C19H18N2O2. The van der Waals surface area contributed by atoms with Crippen molar-refractivity contribution in [3.05, 3.63) is 71.3 Å². The van der Waals surface area contributed by atoms with E-state index in [4.69, 9.17) is 5.26 Å². The Hall–Kier alpha value is -2.64. The van der Waals surface area contributed by atoms with E-state index in [0.717, 1.165) is 5.56 Å². The first kappa shape index (κ1) is 15.3. The Kier molecular flexibility index (Phi) is 4.40. The maximum absolute atomic E-state index is 12.8. The minimum Gasteiger partial charge on any atom is -0.391 e. The number of amides is 1. The van der Waals surface area contributed by atoms with Crippen LogP contribution in [-0.4, -0.2) is 34.6 Å². The highest BCUT2D eigenvalue weighted by molar-refractivity contribution is 5.95. The van der Waals surface area contributed by atoms with Crippen LogP contribution in [0.3, 0.4) is 0 Å². The molecule has 3 rings (SSSR count). The second-order valence-electron chi connectivity index (χ2n) is 5.80. The van der Waals surface area contributed by atoms with Crippen molar-refractivity contribution < 1.29 is 9.90 Å². The molecule has 1 aliphatic heterocycles. The van der Waals surface area contributed by atoms with E-state index >= 15 is 0 Å². The van der Waals surface area contributed by atoms with Crippen LogP contribution < -0.4 is 0 Å². The molecule has 0 aromatic heterocycles. The first-order valence-electron chi connectivity index (χ1n) is 7.72. The summed E-state index contributed by atoms with van der Waals surface area (Å²) in [5.74, 6) is -0.125. The molecule has 0 unspecified atom stereocenters. The molecule has 0 aliphatic carbocycles. The van der Waals surface area contributed by atoms with Gasteiger partial charge in [0.2, 0.25) is 0 Å². The molecule has 4 heteroatoms. The number of likely N-dealkylation sites (tertiary alicyclic amines) is 1. The average Bonchev–Trinajstić information content (AvgIpc) is 2.96. The Bertz CT molecular complexity index is 737. The normalized spacial score (nSPS) is 20.3. The largest absolute Gasteiger partial charge is 0.391 e. The molecular weight excluding hydrogens is 288 g/mol. The topological polar surface area (TPSA) is 64.3 Å². The van der Waals surface area contributed by atoms with Gasteiger partial charge in [-0.25, -0.2) is 0 Å². The number of aliphatic hydroxyl groups excluding tert-OH is 1. The lowest BCUT2D eigenvalue weighted by Gasteiger charge is -2.26. The van der Waals surface area contributed by atoms with Crippen LogP contribution in [0.15, 0.2) is 54.6 Å². The zero-order chi connectivity index (χ0) is 16.2.